The van der Waals surface area contributed by atoms with E-state index in [1.54, 1.807) is 18.2 Å². The second kappa shape index (κ2) is 7.88. The Balaban J connectivity index is 2.71. The van der Waals surface area contributed by atoms with E-state index in [-0.39, 0.29) is 11.8 Å². The van der Waals surface area contributed by atoms with E-state index in [1.807, 2.05) is 6.07 Å². The molecule has 20 heavy (non-hydrogen) atoms. The van der Waals surface area contributed by atoms with Crippen LogP contribution in [0, 0.1) is 23.2 Å². The van der Waals surface area contributed by atoms with Gasteiger partial charge in [0.05, 0.1) is 11.3 Å². The molecule has 0 saturated heterocycles. The van der Waals surface area contributed by atoms with Crippen LogP contribution < -0.4 is 11.1 Å². The summed E-state index contributed by atoms with van der Waals surface area (Å²) in [4.78, 5) is 12.0. The summed E-state index contributed by atoms with van der Waals surface area (Å²) in [6.07, 6.45) is 1.26. The smallest absolute Gasteiger partial charge is 0.224 e. The monoisotopic (exact) mass is 293 g/mol. The van der Waals surface area contributed by atoms with Crippen molar-refractivity contribution in [3.63, 3.8) is 0 Å². The summed E-state index contributed by atoms with van der Waals surface area (Å²) in [6.45, 7) is 4.68. The van der Waals surface area contributed by atoms with E-state index in [9.17, 15) is 4.79 Å². The molecule has 0 aliphatic rings. The van der Waals surface area contributed by atoms with Crippen molar-refractivity contribution in [2.75, 3.05) is 11.9 Å². The average molecular weight is 294 g/mol. The first-order valence-corrected chi connectivity index (χ1v) is 7.03. The van der Waals surface area contributed by atoms with Crippen molar-refractivity contribution in [3.8, 4) is 6.07 Å². The summed E-state index contributed by atoms with van der Waals surface area (Å²) >= 11 is 5.88. The largest absolute Gasteiger partial charge is 0.330 e. The number of rotatable bonds is 6. The van der Waals surface area contributed by atoms with Gasteiger partial charge in [0, 0.05) is 11.4 Å². The molecule has 0 heterocycles. The first-order chi connectivity index (χ1) is 9.46. The molecule has 0 spiro atoms. The van der Waals surface area contributed by atoms with Gasteiger partial charge in [0.1, 0.15) is 6.07 Å². The highest BCUT2D eigenvalue weighted by Gasteiger charge is 2.15. The summed E-state index contributed by atoms with van der Waals surface area (Å²) in [5, 5.41) is 12.2. The SMILES string of the molecule is CC(C)C[C@H](CN)CC(=O)Nc1cc(Cl)ccc1C#N. The number of nitrogens with zero attached hydrogens (tertiary/aromatic N) is 1. The van der Waals surface area contributed by atoms with Crippen LogP contribution in [0.3, 0.4) is 0 Å². The number of hydrogen-bond acceptors (Lipinski definition) is 3. The molecule has 0 saturated carbocycles. The van der Waals surface area contributed by atoms with Gasteiger partial charge in [-0.3, -0.25) is 4.79 Å². The lowest BCUT2D eigenvalue weighted by Crippen LogP contribution is -2.23. The minimum Gasteiger partial charge on any atom is -0.330 e. The van der Waals surface area contributed by atoms with Gasteiger partial charge in [-0.05, 0) is 43.0 Å². The maximum Gasteiger partial charge on any atom is 0.224 e. The van der Waals surface area contributed by atoms with Gasteiger partial charge in [-0.2, -0.15) is 5.26 Å². The van der Waals surface area contributed by atoms with E-state index in [2.05, 4.69) is 19.2 Å². The normalized spacial score (nSPS) is 12.0. The van der Waals surface area contributed by atoms with Gasteiger partial charge in [0.25, 0.3) is 0 Å². The summed E-state index contributed by atoms with van der Waals surface area (Å²) in [5.41, 5.74) is 6.54. The van der Waals surface area contributed by atoms with Crippen LogP contribution >= 0.6 is 11.6 Å². The number of carbonyl (C=O) groups is 1. The molecule has 0 aromatic heterocycles. The molecule has 0 fully saturated rings. The van der Waals surface area contributed by atoms with Crippen molar-refractivity contribution in [2.45, 2.75) is 26.7 Å². The van der Waals surface area contributed by atoms with Gasteiger partial charge in [-0.1, -0.05) is 25.4 Å². The quantitative estimate of drug-likeness (QED) is 0.845. The minimum absolute atomic E-state index is 0.139. The number of benzene rings is 1. The van der Waals surface area contributed by atoms with Gasteiger partial charge >= 0.3 is 0 Å². The second-order valence-corrected chi connectivity index (χ2v) is 5.72. The highest BCUT2D eigenvalue weighted by molar-refractivity contribution is 6.31. The molecule has 5 heteroatoms. The number of nitrogens with two attached hydrogens (primary N) is 1. The maximum absolute atomic E-state index is 12.0. The molecule has 108 valence electrons. The van der Waals surface area contributed by atoms with Gasteiger partial charge in [0.2, 0.25) is 5.91 Å². The molecule has 1 atom stereocenters. The zero-order valence-corrected chi connectivity index (χ0v) is 12.6. The van der Waals surface area contributed by atoms with Crippen molar-refractivity contribution in [1.29, 1.82) is 5.26 Å². The zero-order chi connectivity index (χ0) is 15.1. The first kappa shape index (κ1) is 16.5. The van der Waals surface area contributed by atoms with E-state index >= 15 is 0 Å². The fourth-order valence-corrected chi connectivity index (χ4v) is 2.28. The number of carbonyl (C=O) groups excluding carboxylic acids is 1. The Morgan fingerprint density at radius 3 is 2.75 bits per heavy atom. The highest BCUT2D eigenvalue weighted by Crippen LogP contribution is 2.21. The third kappa shape index (κ3) is 5.20. The molecular weight excluding hydrogens is 274 g/mol. The van der Waals surface area contributed by atoms with Crippen molar-refractivity contribution in [2.24, 2.45) is 17.6 Å². The number of anilines is 1. The molecule has 1 amide bonds. The molecule has 1 aromatic carbocycles. The van der Waals surface area contributed by atoms with E-state index in [0.717, 1.165) is 6.42 Å². The van der Waals surface area contributed by atoms with Crippen LogP contribution in [-0.4, -0.2) is 12.5 Å². The average Bonchev–Trinajstić information content (AvgIpc) is 2.37. The molecule has 1 aromatic rings. The molecule has 0 unspecified atom stereocenters. The molecule has 0 aliphatic heterocycles. The molecule has 0 bridgehead atoms. The van der Waals surface area contributed by atoms with Crippen molar-refractivity contribution in [3.05, 3.63) is 28.8 Å². The van der Waals surface area contributed by atoms with Crippen molar-refractivity contribution in [1.82, 2.24) is 0 Å². The molecular formula is C15H20ClN3O. The van der Waals surface area contributed by atoms with E-state index < -0.39 is 0 Å². The van der Waals surface area contributed by atoms with Gasteiger partial charge in [0.15, 0.2) is 0 Å². The lowest BCUT2D eigenvalue weighted by atomic mass is 9.94. The molecule has 0 aliphatic carbocycles. The highest BCUT2D eigenvalue weighted by atomic mass is 35.5. The predicted octanol–water partition coefficient (Wildman–Crippen LogP) is 3.16. The number of nitrogens with one attached hydrogen (secondary N) is 1. The molecule has 0 radical (unpaired) electrons. The van der Waals surface area contributed by atoms with Crippen LogP contribution in [0.5, 0.6) is 0 Å². The number of hydrogen-bond donors (Lipinski definition) is 2. The van der Waals surface area contributed by atoms with Gasteiger partial charge in [-0.25, -0.2) is 0 Å². The van der Waals surface area contributed by atoms with Crippen LogP contribution in [0.1, 0.15) is 32.3 Å². The van der Waals surface area contributed by atoms with Crippen molar-refractivity contribution < 1.29 is 4.79 Å². The third-order valence-electron chi connectivity index (χ3n) is 2.99. The second-order valence-electron chi connectivity index (χ2n) is 5.29. The van der Waals surface area contributed by atoms with Crippen LogP contribution in [0.4, 0.5) is 5.69 Å². The third-order valence-corrected chi connectivity index (χ3v) is 3.22. The van der Waals surface area contributed by atoms with Crippen molar-refractivity contribution >= 4 is 23.2 Å². The lowest BCUT2D eigenvalue weighted by Gasteiger charge is -2.17. The Bertz CT molecular complexity index is 508. The predicted molar refractivity (Wildman–Crippen MR) is 81.4 cm³/mol. The van der Waals surface area contributed by atoms with E-state index in [4.69, 9.17) is 22.6 Å². The number of halogens is 1. The zero-order valence-electron chi connectivity index (χ0n) is 11.8. The van der Waals surface area contributed by atoms with E-state index in [1.165, 1.54) is 0 Å². The van der Waals surface area contributed by atoms with Crippen LogP contribution in [0.2, 0.25) is 5.02 Å². The van der Waals surface area contributed by atoms with E-state index in [0.29, 0.717) is 35.2 Å². The van der Waals surface area contributed by atoms with Crippen LogP contribution in [0.25, 0.3) is 0 Å². The Morgan fingerprint density at radius 2 is 2.20 bits per heavy atom. The van der Waals surface area contributed by atoms with Crippen LogP contribution in [-0.2, 0) is 4.79 Å². The fraction of sp³-hybridized carbons (Fsp3) is 0.467. The molecule has 4 nitrogen and oxygen atoms in total. The first-order valence-electron chi connectivity index (χ1n) is 6.65. The molecule has 3 N–H and O–H groups in total. The Morgan fingerprint density at radius 1 is 1.50 bits per heavy atom. The topological polar surface area (TPSA) is 78.9 Å². The van der Waals surface area contributed by atoms with Gasteiger partial charge in [-0.15, -0.1) is 0 Å². The lowest BCUT2D eigenvalue weighted by molar-refractivity contribution is -0.117. The Labute approximate surface area is 124 Å². The Kier molecular flexibility index (Phi) is 6.50. The molecule has 1 rings (SSSR count). The number of amides is 1. The fourth-order valence-electron chi connectivity index (χ4n) is 2.11. The van der Waals surface area contributed by atoms with Crippen LogP contribution in [0.15, 0.2) is 18.2 Å². The summed E-state index contributed by atoms with van der Waals surface area (Å²) < 4.78 is 0. The maximum atomic E-state index is 12.0. The van der Waals surface area contributed by atoms with Gasteiger partial charge < -0.3 is 11.1 Å². The summed E-state index contributed by atoms with van der Waals surface area (Å²) in [6, 6.07) is 6.82. The number of nitriles is 1. The Hall–Kier alpha value is -1.57. The summed E-state index contributed by atoms with van der Waals surface area (Å²) in [7, 11) is 0. The minimum atomic E-state index is -0.139. The standard InChI is InChI=1S/C15H20ClN3O/c1-10(2)5-11(8-17)6-15(20)19-14-7-13(16)4-3-12(14)9-18/h3-4,7,10-11H,5-6,8,17H2,1-2H3,(H,19,20)/t11-/m0/s1. The summed E-state index contributed by atoms with van der Waals surface area (Å²) in [5.74, 6) is 0.511.